The Hall–Kier alpha value is -0.352. The molecule has 0 fully saturated rings. The number of rotatable bonds is 0. The predicted molar refractivity (Wildman–Crippen MR) is 41.7 cm³/mol. The summed E-state index contributed by atoms with van der Waals surface area (Å²) in [6.07, 6.45) is 6.54. The number of allylic oxidation sites excluding steroid dienone is 6. The Morgan fingerprint density at radius 2 is 2.33 bits per heavy atom. The second-order valence-corrected chi connectivity index (χ2v) is 4.73. The molecule has 44 valence electrons. The zero-order chi connectivity index (χ0) is 6.27. The number of hydrogen-bond donors (Lipinski definition) is 0. The predicted octanol–water partition coefficient (Wildman–Crippen LogP) is 1.28. The first-order valence-electron chi connectivity index (χ1n) is 3.01. The minimum atomic E-state index is 0.409. The molecule has 0 nitrogen and oxygen atoms in total. The summed E-state index contributed by atoms with van der Waals surface area (Å²) in [6.45, 7) is 2.24. The van der Waals surface area contributed by atoms with Crippen molar-refractivity contribution in [3.8, 4) is 0 Å². The van der Waals surface area contributed by atoms with E-state index in [2.05, 4.69) is 30.0 Å². The molecular formula is C8H7As. The van der Waals surface area contributed by atoms with Crippen LogP contribution in [0, 0.1) is 0 Å². The second-order valence-electron chi connectivity index (χ2n) is 2.24. The van der Waals surface area contributed by atoms with Crippen LogP contribution in [0.5, 0.6) is 0 Å². The van der Waals surface area contributed by atoms with Gasteiger partial charge in [-0.15, -0.1) is 0 Å². The first-order chi connectivity index (χ1) is 4.38. The van der Waals surface area contributed by atoms with Crippen LogP contribution in [0.3, 0.4) is 0 Å². The van der Waals surface area contributed by atoms with E-state index in [-0.39, 0.29) is 0 Å². The van der Waals surface area contributed by atoms with Gasteiger partial charge in [0.2, 0.25) is 0 Å². The van der Waals surface area contributed by atoms with Gasteiger partial charge in [0, 0.05) is 0 Å². The zero-order valence-corrected chi connectivity index (χ0v) is 7.13. The van der Waals surface area contributed by atoms with E-state index in [0.717, 1.165) is 0 Å². The molecule has 0 amide bonds. The van der Waals surface area contributed by atoms with E-state index < -0.39 is 0 Å². The Labute approximate surface area is 61.2 Å². The van der Waals surface area contributed by atoms with Crippen molar-refractivity contribution >= 4 is 20.1 Å². The molecule has 0 bridgehead atoms. The summed E-state index contributed by atoms with van der Waals surface area (Å²) in [4.78, 5) is 2.38. The summed E-state index contributed by atoms with van der Waals surface area (Å²) in [7, 11) is 0. The average molecular weight is 178 g/mol. The average Bonchev–Trinajstić information content (AvgIpc) is 2.35. The van der Waals surface area contributed by atoms with Crippen LogP contribution in [0.25, 0.3) is 0 Å². The van der Waals surface area contributed by atoms with Gasteiger partial charge in [-0.1, -0.05) is 0 Å². The maximum atomic E-state index is 2.38. The van der Waals surface area contributed by atoms with E-state index in [4.69, 9.17) is 0 Å². The molecule has 0 spiro atoms. The van der Waals surface area contributed by atoms with Crippen molar-refractivity contribution in [2.24, 2.45) is 0 Å². The van der Waals surface area contributed by atoms with Crippen molar-refractivity contribution < 1.29 is 0 Å². The molecule has 0 aromatic rings. The van der Waals surface area contributed by atoms with Gasteiger partial charge in [0.05, 0.1) is 0 Å². The SMILES string of the molecule is CC1=C2C=CC=C2C=[As]1. The summed E-state index contributed by atoms with van der Waals surface area (Å²) in [5, 5.41) is 0. The van der Waals surface area contributed by atoms with Crippen LogP contribution in [0.15, 0.2) is 33.7 Å². The van der Waals surface area contributed by atoms with Gasteiger partial charge in [0.15, 0.2) is 0 Å². The number of fused-ring (bicyclic) bond motifs is 1. The first kappa shape index (κ1) is 5.43. The van der Waals surface area contributed by atoms with Gasteiger partial charge in [0.25, 0.3) is 0 Å². The van der Waals surface area contributed by atoms with Crippen LogP contribution in [0.2, 0.25) is 0 Å². The standard InChI is InChI=1S/C8H7As/c1-6-8-4-2-3-7(8)5-9-6/h2-5H,1H3. The van der Waals surface area contributed by atoms with E-state index in [0.29, 0.717) is 15.3 Å². The maximum absolute atomic E-state index is 2.38. The van der Waals surface area contributed by atoms with E-state index in [9.17, 15) is 0 Å². The molecule has 0 unspecified atom stereocenters. The normalized spacial score (nSPS) is 23.0. The molecule has 0 atom stereocenters. The molecule has 1 aliphatic heterocycles. The van der Waals surface area contributed by atoms with Crippen molar-refractivity contribution in [1.29, 1.82) is 0 Å². The fraction of sp³-hybridized carbons (Fsp3) is 0.125. The molecule has 1 aliphatic carbocycles. The Morgan fingerprint density at radius 1 is 1.44 bits per heavy atom. The van der Waals surface area contributed by atoms with Gasteiger partial charge in [-0.25, -0.2) is 0 Å². The molecule has 2 aliphatic rings. The Morgan fingerprint density at radius 3 is 3.11 bits per heavy atom. The summed E-state index contributed by atoms with van der Waals surface area (Å²) < 4.78 is 1.60. The van der Waals surface area contributed by atoms with Crippen LogP contribution in [0.1, 0.15) is 6.92 Å². The fourth-order valence-electron chi connectivity index (χ4n) is 1.11. The van der Waals surface area contributed by atoms with Gasteiger partial charge < -0.3 is 0 Å². The van der Waals surface area contributed by atoms with Crippen LogP contribution in [0.4, 0.5) is 0 Å². The molecular weight excluding hydrogens is 171 g/mol. The van der Waals surface area contributed by atoms with Crippen molar-refractivity contribution in [1.82, 2.24) is 0 Å². The molecule has 0 aromatic heterocycles. The zero-order valence-electron chi connectivity index (χ0n) is 5.26. The van der Waals surface area contributed by atoms with Gasteiger partial charge in [-0.2, -0.15) is 0 Å². The molecule has 9 heavy (non-hydrogen) atoms. The summed E-state index contributed by atoms with van der Waals surface area (Å²) >= 11 is 0.409. The summed E-state index contributed by atoms with van der Waals surface area (Å²) in [5.74, 6) is 0. The van der Waals surface area contributed by atoms with Gasteiger partial charge in [0.1, 0.15) is 0 Å². The third kappa shape index (κ3) is 0.702. The van der Waals surface area contributed by atoms with Crippen molar-refractivity contribution in [3.63, 3.8) is 0 Å². The van der Waals surface area contributed by atoms with Gasteiger partial charge in [-0.05, 0) is 0 Å². The van der Waals surface area contributed by atoms with Crippen molar-refractivity contribution in [3.05, 3.63) is 33.7 Å². The Balaban J connectivity index is 2.62. The first-order valence-corrected chi connectivity index (χ1v) is 5.04. The van der Waals surface area contributed by atoms with Gasteiger partial charge >= 0.3 is 60.8 Å². The molecule has 2 rings (SSSR count). The summed E-state index contributed by atoms with van der Waals surface area (Å²) in [5.41, 5.74) is 2.96. The van der Waals surface area contributed by atoms with E-state index in [1.165, 1.54) is 11.1 Å². The molecule has 1 heteroatoms. The van der Waals surface area contributed by atoms with E-state index in [1.54, 1.807) is 4.36 Å². The molecule has 1 heterocycles. The van der Waals surface area contributed by atoms with Crippen LogP contribution >= 0.6 is 0 Å². The van der Waals surface area contributed by atoms with Crippen LogP contribution < -0.4 is 0 Å². The Bertz CT molecular complexity index is 264. The van der Waals surface area contributed by atoms with E-state index >= 15 is 0 Å². The Kier molecular flexibility index (Phi) is 1.10. The van der Waals surface area contributed by atoms with Crippen molar-refractivity contribution in [2.75, 3.05) is 0 Å². The molecule has 0 radical (unpaired) electrons. The van der Waals surface area contributed by atoms with Gasteiger partial charge in [-0.3, -0.25) is 0 Å². The second kappa shape index (κ2) is 1.81. The minimum absolute atomic E-state index is 0.409. The quantitative estimate of drug-likeness (QED) is 0.490. The summed E-state index contributed by atoms with van der Waals surface area (Å²) in [6, 6.07) is 0. The van der Waals surface area contributed by atoms with E-state index in [1.807, 2.05) is 0 Å². The van der Waals surface area contributed by atoms with Crippen molar-refractivity contribution in [2.45, 2.75) is 6.92 Å². The number of hydrogen-bond acceptors (Lipinski definition) is 0. The molecule has 0 saturated carbocycles. The third-order valence-electron chi connectivity index (χ3n) is 1.64. The monoisotopic (exact) mass is 178 g/mol. The molecule has 0 saturated heterocycles. The molecule has 0 aromatic carbocycles. The van der Waals surface area contributed by atoms with Crippen LogP contribution in [-0.2, 0) is 0 Å². The third-order valence-corrected chi connectivity index (χ3v) is 3.81. The topological polar surface area (TPSA) is 0 Å². The fourth-order valence-corrected chi connectivity index (χ4v) is 3.00. The molecule has 0 N–H and O–H groups in total. The van der Waals surface area contributed by atoms with Crippen LogP contribution in [-0.4, -0.2) is 20.1 Å².